The van der Waals surface area contributed by atoms with E-state index in [0.29, 0.717) is 0 Å². The molecule has 8 aromatic rings. The number of aromatic amines is 4. The zero-order chi connectivity index (χ0) is 70.1. The van der Waals surface area contributed by atoms with Crippen LogP contribution in [0.3, 0.4) is 0 Å². The standard InChI is InChI=1S/4C16H18N4O4/c4*17-13-6-8-20(16(24)19-13)9-7-14(21)18-12(15(22)23)10-11-4-2-1-3-5-11/h4*1-6,8,12H,7,9-10H2,(H4,17,18,19,21,22,23,24)/t4*12-/m0000/s1. The van der Waals surface area contributed by atoms with Crippen molar-refractivity contribution in [1.29, 1.82) is 0 Å². The van der Waals surface area contributed by atoms with Gasteiger partial charge < -0.3 is 83.8 Å². The van der Waals surface area contributed by atoms with Gasteiger partial charge in [-0.25, -0.2) is 0 Å². The van der Waals surface area contributed by atoms with Crippen LogP contribution in [0.25, 0.3) is 0 Å². The Morgan fingerprint density at radius 2 is 0.490 bits per heavy atom. The quantitative estimate of drug-likeness (QED) is 0.0203. The Balaban J connectivity index is 0.000000231. The SMILES string of the molecule is Nc1cc[n+](CCC(=O)N[C@@H](Cc2ccccc2)C(=O)[O-])c(=O)[nH]1.Nc1cc[n+](CCC(=O)N[C@@H](Cc2ccccc2)C(=O)[O-])c(=O)[nH]1.Nc1cc[n+](CCC(=O)N[C@@H](Cc2ccccc2)C(=O)[O-])c(=O)[nH]1.Nc1cc[n+](CCC(=O)N[C@@H](Cc2ccccc2)C(=O)[O-])c(=O)[nH]1. The number of nitrogens with two attached hydrogens (primary N) is 4. The third-order valence-corrected chi connectivity index (χ3v) is 13.7. The highest BCUT2D eigenvalue weighted by atomic mass is 16.4. The predicted octanol–water partition coefficient (Wildman–Crippen LogP) is -7.55. The molecular formula is C64H72N16O16. The summed E-state index contributed by atoms with van der Waals surface area (Å²) in [4.78, 5) is 149. The van der Waals surface area contributed by atoms with E-state index >= 15 is 0 Å². The van der Waals surface area contributed by atoms with Gasteiger partial charge in [-0.1, -0.05) is 121 Å². The van der Waals surface area contributed by atoms with Crippen LogP contribution in [-0.4, -0.2) is 91.6 Å². The highest BCUT2D eigenvalue weighted by Crippen LogP contribution is 2.07. The van der Waals surface area contributed by atoms with Crippen molar-refractivity contribution in [3.8, 4) is 0 Å². The molecule has 0 fully saturated rings. The molecule has 16 N–H and O–H groups in total. The smallest absolute Gasteiger partial charge is 0.497 e. The van der Waals surface area contributed by atoms with Gasteiger partial charge in [0.1, 0.15) is 26.2 Å². The van der Waals surface area contributed by atoms with Crippen molar-refractivity contribution in [3.05, 3.63) is 235 Å². The first-order valence-corrected chi connectivity index (χ1v) is 29.5. The van der Waals surface area contributed by atoms with Crippen LogP contribution in [-0.2, 0) is 90.2 Å². The zero-order valence-electron chi connectivity index (χ0n) is 51.6. The molecule has 0 unspecified atom stereocenters. The number of rotatable bonds is 28. The number of nitrogen functional groups attached to an aromatic ring is 4. The monoisotopic (exact) mass is 1320 g/mol. The number of H-pyrrole nitrogens is 4. The summed E-state index contributed by atoms with van der Waals surface area (Å²) in [5.74, 6) is -6.46. The Hall–Kier alpha value is -12.6. The second-order valence-electron chi connectivity index (χ2n) is 21.1. The molecule has 32 nitrogen and oxygen atoms in total. The lowest BCUT2D eigenvalue weighted by Gasteiger charge is -2.19. The van der Waals surface area contributed by atoms with Crippen molar-refractivity contribution in [2.45, 2.75) is 102 Å². The van der Waals surface area contributed by atoms with Gasteiger partial charge in [0.2, 0.25) is 23.6 Å². The van der Waals surface area contributed by atoms with Crippen molar-refractivity contribution < 1.29 is 77.1 Å². The normalized spacial score (nSPS) is 11.7. The molecule has 32 heteroatoms. The Labute approximate surface area is 546 Å². The van der Waals surface area contributed by atoms with Crippen LogP contribution in [0, 0.1) is 0 Å². The minimum absolute atomic E-state index is 0.0454. The fraction of sp³-hybridized carbons (Fsp3) is 0.250. The summed E-state index contributed by atoms with van der Waals surface area (Å²) < 4.78 is 5.12. The lowest BCUT2D eigenvalue weighted by molar-refractivity contribution is -0.712. The van der Waals surface area contributed by atoms with Crippen molar-refractivity contribution in [1.82, 2.24) is 41.2 Å². The van der Waals surface area contributed by atoms with E-state index in [2.05, 4.69) is 41.2 Å². The minimum Gasteiger partial charge on any atom is -0.548 e. The molecule has 8 rings (SSSR count). The number of aliphatic carboxylic acids is 4. The highest BCUT2D eigenvalue weighted by molar-refractivity contribution is 5.84. The maximum absolute atomic E-state index is 11.9. The molecule has 0 aliphatic carbocycles. The van der Waals surface area contributed by atoms with Gasteiger partial charge in [0.15, 0.2) is 23.3 Å². The summed E-state index contributed by atoms with van der Waals surface area (Å²) in [5.41, 5.74) is 23.1. The molecule has 0 radical (unpaired) electrons. The number of benzene rings is 4. The van der Waals surface area contributed by atoms with E-state index in [9.17, 15) is 78.0 Å². The van der Waals surface area contributed by atoms with E-state index < -0.39 is 94.4 Å². The number of nitrogens with zero attached hydrogens (tertiary/aromatic N) is 4. The number of anilines is 4. The summed E-state index contributed by atoms with van der Waals surface area (Å²) in [6.07, 6.45) is 6.18. The molecule has 0 saturated carbocycles. The Morgan fingerprint density at radius 1 is 0.312 bits per heavy atom. The van der Waals surface area contributed by atoms with E-state index in [1.807, 2.05) is 24.3 Å². The van der Waals surface area contributed by atoms with E-state index in [0.717, 1.165) is 22.3 Å². The number of carboxylic acid groups (broad SMARTS) is 4. The van der Waals surface area contributed by atoms with Gasteiger partial charge in [-0.3, -0.25) is 19.2 Å². The molecule has 0 bridgehead atoms. The molecule has 4 heterocycles. The van der Waals surface area contributed by atoms with Crippen molar-refractivity contribution in [2.75, 3.05) is 22.9 Å². The van der Waals surface area contributed by atoms with Gasteiger partial charge in [-0.05, 0) is 47.9 Å². The first kappa shape index (κ1) is 74.1. The zero-order valence-corrected chi connectivity index (χ0v) is 51.6. The molecule has 504 valence electrons. The molecule has 0 aliphatic rings. The summed E-state index contributed by atoms with van der Waals surface area (Å²) >= 11 is 0. The largest absolute Gasteiger partial charge is 0.548 e. The van der Waals surface area contributed by atoms with Crippen molar-refractivity contribution in [3.63, 3.8) is 0 Å². The Bertz CT molecular complexity index is 3620. The first-order valence-electron chi connectivity index (χ1n) is 29.5. The van der Waals surface area contributed by atoms with Crippen LogP contribution >= 0.6 is 0 Å². The summed E-state index contributed by atoms with van der Waals surface area (Å²) in [6.45, 7) is 0.415. The molecule has 4 aromatic carbocycles. The molecule has 0 saturated heterocycles. The number of aryl methyl sites for hydroxylation is 4. The van der Waals surface area contributed by atoms with Gasteiger partial charge >= 0.3 is 22.8 Å². The molecule has 4 aromatic heterocycles. The lowest BCUT2D eigenvalue weighted by atomic mass is 10.1. The van der Waals surface area contributed by atoms with Gasteiger partial charge in [-0.15, -0.1) is 0 Å². The molecule has 4 amide bonds. The number of hydrogen-bond donors (Lipinski definition) is 12. The Morgan fingerprint density at radius 3 is 0.646 bits per heavy atom. The number of amides is 4. The second kappa shape index (κ2) is 38.3. The molecule has 0 spiro atoms. The average Bonchev–Trinajstić information content (AvgIpc) is 1.26. The maximum atomic E-state index is 11.9. The Kier molecular flexibility index (Phi) is 29.5. The number of carbonyl (C=O) groups excluding carboxylic acids is 8. The van der Waals surface area contributed by atoms with Crippen LogP contribution in [0.1, 0.15) is 47.9 Å². The van der Waals surface area contributed by atoms with Crippen LogP contribution in [0.4, 0.5) is 23.3 Å². The van der Waals surface area contributed by atoms with Gasteiger partial charge in [0.25, 0.3) is 0 Å². The van der Waals surface area contributed by atoms with E-state index in [-0.39, 0.29) is 101 Å². The second-order valence-corrected chi connectivity index (χ2v) is 21.1. The van der Waals surface area contributed by atoms with Crippen LogP contribution < -0.4 is 106 Å². The van der Waals surface area contributed by atoms with Crippen LogP contribution in [0.2, 0.25) is 0 Å². The van der Waals surface area contributed by atoms with Crippen molar-refractivity contribution >= 4 is 70.8 Å². The average molecular weight is 1320 g/mol. The highest BCUT2D eigenvalue weighted by Gasteiger charge is 2.20. The summed E-state index contributed by atoms with van der Waals surface area (Å²) in [7, 11) is 0. The third kappa shape index (κ3) is 27.1. The van der Waals surface area contributed by atoms with Crippen LogP contribution in [0.5, 0.6) is 0 Å². The van der Waals surface area contributed by atoms with Gasteiger partial charge in [-0.2, -0.15) is 57.4 Å². The number of hydrogen-bond acceptors (Lipinski definition) is 20. The molecular weight excluding hydrogens is 1250 g/mol. The summed E-state index contributed by atoms with van der Waals surface area (Å²) in [5, 5.41) is 54.5. The van der Waals surface area contributed by atoms with E-state index in [1.165, 1.54) is 67.3 Å². The topological polar surface area (TPSA) is 528 Å². The number of carboxylic acids is 4. The molecule has 0 aliphatic heterocycles. The lowest BCUT2D eigenvalue weighted by Crippen LogP contribution is -2.53. The maximum Gasteiger partial charge on any atom is 0.497 e. The number of aromatic nitrogens is 8. The number of carbonyl (C=O) groups is 8. The van der Waals surface area contributed by atoms with E-state index in [4.69, 9.17) is 22.9 Å². The van der Waals surface area contributed by atoms with Crippen molar-refractivity contribution in [2.24, 2.45) is 0 Å². The minimum atomic E-state index is -1.36. The fourth-order valence-electron chi connectivity index (χ4n) is 8.73. The molecule has 4 atom stereocenters. The van der Waals surface area contributed by atoms with Gasteiger partial charge in [0, 0.05) is 24.3 Å². The van der Waals surface area contributed by atoms with Crippen LogP contribution in [0.15, 0.2) is 190 Å². The molecule has 96 heavy (non-hydrogen) atoms. The predicted molar refractivity (Wildman–Crippen MR) is 333 cm³/mol. The first-order chi connectivity index (χ1) is 45.8. The summed E-state index contributed by atoms with van der Waals surface area (Å²) in [6, 6.07) is 37.2. The number of nitrogens with one attached hydrogen (secondary N) is 8. The van der Waals surface area contributed by atoms with E-state index in [1.54, 1.807) is 97.1 Å². The van der Waals surface area contributed by atoms with Gasteiger partial charge in [0.05, 0.1) is 98.5 Å². The fourth-order valence-corrected chi connectivity index (χ4v) is 8.73. The third-order valence-electron chi connectivity index (χ3n) is 13.7.